The van der Waals surface area contributed by atoms with Crippen LogP contribution in [0.4, 0.5) is 5.00 Å². The van der Waals surface area contributed by atoms with Crippen LogP contribution in [-0.2, 0) is 12.8 Å². The predicted molar refractivity (Wildman–Crippen MR) is 100 cm³/mol. The molecule has 2 aromatic heterocycles. The van der Waals surface area contributed by atoms with Crippen molar-refractivity contribution in [2.24, 2.45) is 4.99 Å². The Morgan fingerprint density at radius 3 is 2.83 bits per heavy atom. The summed E-state index contributed by atoms with van der Waals surface area (Å²) in [7, 11) is 0. The number of nitrogens with zero attached hydrogens (tertiary/aromatic N) is 2. The second-order valence-electron chi connectivity index (χ2n) is 6.26. The molecular formula is C20H19N3S. The van der Waals surface area contributed by atoms with E-state index in [1.165, 1.54) is 36.1 Å². The minimum atomic E-state index is 0.799. The zero-order valence-electron chi connectivity index (χ0n) is 13.5. The lowest BCUT2D eigenvalue weighted by molar-refractivity contribution is 0.622. The number of para-hydroxylation sites is 1. The van der Waals surface area contributed by atoms with Gasteiger partial charge in [-0.15, -0.1) is 11.3 Å². The van der Waals surface area contributed by atoms with Crippen LogP contribution in [0.5, 0.6) is 0 Å². The summed E-state index contributed by atoms with van der Waals surface area (Å²) in [6.45, 7) is 0. The van der Waals surface area contributed by atoms with Gasteiger partial charge in [-0.3, -0.25) is 0 Å². The zero-order valence-corrected chi connectivity index (χ0v) is 14.3. The monoisotopic (exact) mass is 333 g/mol. The molecule has 1 aliphatic rings. The van der Waals surface area contributed by atoms with Gasteiger partial charge in [-0.05, 0) is 37.3 Å². The number of aromatic amines is 1. The molecule has 0 amide bonds. The van der Waals surface area contributed by atoms with Crippen molar-refractivity contribution < 1.29 is 0 Å². The first-order valence-electron chi connectivity index (χ1n) is 8.51. The summed E-state index contributed by atoms with van der Waals surface area (Å²) in [4.78, 5) is 9.33. The molecule has 3 nitrogen and oxygen atoms in total. The van der Waals surface area contributed by atoms with Crippen molar-refractivity contribution in [1.29, 1.82) is 5.26 Å². The van der Waals surface area contributed by atoms with Crippen LogP contribution in [-0.4, -0.2) is 11.2 Å². The van der Waals surface area contributed by atoms with E-state index in [4.69, 9.17) is 0 Å². The molecule has 1 aromatic carbocycles. The molecule has 0 atom stereocenters. The van der Waals surface area contributed by atoms with Crippen LogP contribution in [0.1, 0.15) is 47.3 Å². The third-order valence-electron chi connectivity index (χ3n) is 4.71. The first-order valence-corrected chi connectivity index (χ1v) is 9.33. The van der Waals surface area contributed by atoms with Gasteiger partial charge in [-0.1, -0.05) is 31.0 Å². The summed E-state index contributed by atoms with van der Waals surface area (Å²) >= 11 is 1.71. The van der Waals surface area contributed by atoms with Crippen LogP contribution < -0.4 is 0 Å². The van der Waals surface area contributed by atoms with Gasteiger partial charge >= 0.3 is 0 Å². The van der Waals surface area contributed by atoms with Gasteiger partial charge in [0.25, 0.3) is 0 Å². The van der Waals surface area contributed by atoms with Crippen molar-refractivity contribution in [3.8, 4) is 6.07 Å². The molecule has 3 aromatic rings. The maximum atomic E-state index is 9.63. The Kier molecular flexibility index (Phi) is 4.18. The summed E-state index contributed by atoms with van der Waals surface area (Å²) < 4.78 is 0. The highest BCUT2D eigenvalue weighted by atomic mass is 32.1. The minimum absolute atomic E-state index is 0.799. The topological polar surface area (TPSA) is 51.9 Å². The molecule has 1 N–H and O–H groups in total. The summed E-state index contributed by atoms with van der Waals surface area (Å²) in [5, 5.41) is 11.7. The number of hydrogen-bond donors (Lipinski definition) is 1. The van der Waals surface area contributed by atoms with E-state index in [1.54, 1.807) is 11.3 Å². The van der Waals surface area contributed by atoms with Gasteiger partial charge in [0, 0.05) is 33.8 Å². The predicted octanol–water partition coefficient (Wildman–Crippen LogP) is 5.51. The van der Waals surface area contributed by atoms with E-state index in [0.29, 0.717) is 0 Å². The Bertz CT molecular complexity index is 940. The molecule has 0 fully saturated rings. The Labute approximate surface area is 145 Å². The van der Waals surface area contributed by atoms with Crippen molar-refractivity contribution >= 4 is 33.5 Å². The highest BCUT2D eigenvalue weighted by Crippen LogP contribution is 2.38. The number of nitrogens with one attached hydrogen (secondary N) is 1. The lowest BCUT2D eigenvalue weighted by Crippen LogP contribution is -1.97. The van der Waals surface area contributed by atoms with E-state index in [1.807, 2.05) is 24.5 Å². The van der Waals surface area contributed by atoms with Gasteiger partial charge in [-0.25, -0.2) is 4.99 Å². The molecule has 0 saturated heterocycles. The number of aryl methyl sites for hydroxylation is 1. The summed E-state index contributed by atoms with van der Waals surface area (Å²) in [6.07, 6.45) is 11.0. The SMILES string of the molecule is N#Cc1c(N=Cc2c[nH]c3ccccc23)sc2c1CCCCCC2. The van der Waals surface area contributed by atoms with E-state index in [2.05, 4.69) is 28.2 Å². The number of thiophene rings is 1. The fourth-order valence-electron chi connectivity index (χ4n) is 3.44. The van der Waals surface area contributed by atoms with Crippen molar-refractivity contribution in [3.63, 3.8) is 0 Å². The number of fused-ring (bicyclic) bond motifs is 2. The van der Waals surface area contributed by atoms with Gasteiger partial charge in [0.1, 0.15) is 11.1 Å². The van der Waals surface area contributed by atoms with Crippen molar-refractivity contribution in [2.45, 2.75) is 38.5 Å². The molecule has 2 heterocycles. The van der Waals surface area contributed by atoms with E-state index < -0.39 is 0 Å². The Balaban J connectivity index is 1.71. The third-order valence-corrected chi connectivity index (χ3v) is 5.91. The van der Waals surface area contributed by atoms with Gasteiger partial charge in [0.2, 0.25) is 0 Å². The molecule has 120 valence electrons. The van der Waals surface area contributed by atoms with Crippen LogP contribution in [0.25, 0.3) is 10.9 Å². The maximum Gasteiger partial charge on any atom is 0.134 e. The maximum absolute atomic E-state index is 9.63. The van der Waals surface area contributed by atoms with Crippen LogP contribution in [0, 0.1) is 11.3 Å². The molecule has 0 unspecified atom stereocenters. The Hall–Kier alpha value is -2.38. The van der Waals surface area contributed by atoms with E-state index in [-0.39, 0.29) is 0 Å². The molecule has 4 rings (SSSR count). The average Bonchev–Trinajstić information content (AvgIpc) is 3.14. The highest BCUT2D eigenvalue weighted by Gasteiger charge is 2.18. The largest absolute Gasteiger partial charge is 0.361 e. The number of rotatable bonds is 2. The number of nitriles is 1. The third kappa shape index (κ3) is 2.76. The summed E-state index contributed by atoms with van der Waals surface area (Å²) in [6, 6.07) is 10.6. The van der Waals surface area contributed by atoms with E-state index in [9.17, 15) is 5.26 Å². The first-order chi connectivity index (χ1) is 11.9. The van der Waals surface area contributed by atoms with Crippen LogP contribution in [0.15, 0.2) is 35.5 Å². The number of hydrogen-bond acceptors (Lipinski definition) is 3. The number of benzene rings is 1. The summed E-state index contributed by atoms with van der Waals surface area (Å²) in [5.74, 6) is 0. The smallest absolute Gasteiger partial charge is 0.134 e. The normalized spacial score (nSPS) is 15.1. The average molecular weight is 333 g/mol. The second-order valence-corrected chi connectivity index (χ2v) is 7.34. The molecule has 1 aliphatic carbocycles. The molecule has 4 heteroatoms. The molecule has 0 radical (unpaired) electrons. The zero-order chi connectivity index (χ0) is 16.4. The molecule has 24 heavy (non-hydrogen) atoms. The van der Waals surface area contributed by atoms with Crippen molar-refractivity contribution in [1.82, 2.24) is 4.98 Å². The number of aromatic nitrogens is 1. The fourth-order valence-corrected chi connectivity index (χ4v) is 4.62. The van der Waals surface area contributed by atoms with Gasteiger partial charge < -0.3 is 4.98 Å². The lowest BCUT2D eigenvalue weighted by atomic mass is 9.97. The van der Waals surface area contributed by atoms with Crippen LogP contribution >= 0.6 is 11.3 Å². The fraction of sp³-hybridized carbons (Fsp3) is 0.300. The second kappa shape index (κ2) is 6.62. The molecule has 0 spiro atoms. The molecular weight excluding hydrogens is 314 g/mol. The molecule has 0 bridgehead atoms. The molecule has 0 aliphatic heterocycles. The highest BCUT2D eigenvalue weighted by molar-refractivity contribution is 7.16. The first kappa shape index (κ1) is 15.2. The van der Waals surface area contributed by atoms with Crippen molar-refractivity contribution in [3.05, 3.63) is 52.0 Å². The Morgan fingerprint density at radius 1 is 1.12 bits per heavy atom. The lowest BCUT2D eigenvalue weighted by Gasteiger charge is -2.08. The van der Waals surface area contributed by atoms with E-state index >= 15 is 0 Å². The van der Waals surface area contributed by atoms with Gasteiger partial charge in [0.15, 0.2) is 0 Å². The number of aliphatic imine (C=N–C) groups is 1. The van der Waals surface area contributed by atoms with Crippen LogP contribution in [0.2, 0.25) is 0 Å². The minimum Gasteiger partial charge on any atom is -0.361 e. The Morgan fingerprint density at radius 2 is 1.96 bits per heavy atom. The quantitative estimate of drug-likeness (QED) is 0.618. The van der Waals surface area contributed by atoms with Crippen LogP contribution in [0.3, 0.4) is 0 Å². The standard InChI is InChI=1S/C20H19N3S/c21-11-17-16-8-3-1-2-4-10-19(16)24-20(17)23-13-14-12-22-18-9-6-5-7-15(14)18/h5-7,9,12-13,22H,1-4,8,10H2. The molecule has 0 saturated carbocycles. The van der Waals surface area contributed by atoms with Gasteiger partial charge in [0.05, 0.1) is 5.56 Å². The van der Waals surface area contributed by atoms with Gasteiger partial charge in [-0.2, -0.15) is 5.26 Å². The van der Waals surface area contributed by atoms with E-state index in [0.717, 1.165) is 39.9 Å². The van der Waals surface area contributed by atoms with Crippen molar-refractivity contribution in [2.75, 3.05) is 0 Å². The summed E-state index contributed by atoms with van der Waals surface area (Å²) in [5.41, 5.74) is 4.23. The number of H-pyrrole nitrogens is 1.